The minimum Gasteiger partial charge on any atom is -0.481 e. The minimum atomic E-state index is -0.675. The van der Waals surface area contributed by atoms with E-state index in [9.17, 15) is 4.79 Å². The summed E-state index contributed by atoms with van der Waals surface area (Å²) in [5, 5.41) is 8.37. The van der Waals surface area contributed by atoms with Crippen LogP contribution >= 0.6 is 0 Å². The number of unbranched alkanes of at least 4 members (excludes halogenated alkanes) is 2. The second kappa shape index (κ2) is 12.8. The summed E-state index contributed by atoms with van der Waals surface area (Å²) < 4.78 is 0. The van der Waals surface area contributed by atoms with Crippen LogP contribution < -0.4 is 0 Å². The number of hydrogen-bond acceptors (Lipinski definition) is 3. The lowest BCUT2D eigenvalue weighted by Gasteiger charge is -2.21. The zero-order chi connectivity index (χ0) is 17.7. The van der Waals surface area contributed by atoms with Crippen LogP contribution in [0.3, 0.4) is 0 Å². The van der Waals surface area contributed by atoms with Gasteiger partial charge in [-0.25, -0.2) is 9.78 Å². The number of carboxylic acid groups (broad SMARTS) is 1. The van der Waals surface area contributed by atoms with E-state index in [0.717, 1.165) is 19.3 Å². The highest BCUT2D eigenvalue weighted by atomic mass is 17.2. The van der Waals surface area contributed by atoms with Crippen LogP contribution in [0.2, 0.25) is 0 Å². The molecule has 0 aromatic rings. The molecule has 4 heteroatoms. The molecule has 4 nitrogen and oxygen atoms in total. The molecule has 0 unspecified atom stereocenters. The Morgan fingerprint density at radius 1 is 1.09 bits per heavy atom. The summed E-state index contributed by atoms with van der Waals surface area (Å²) >= 11 is 0. The Balaban J connectivity index is 0.000000422. The van der Waals surface area contributed by atoms with Crippen LogP contribution in [0.25, 0.3) is 0 Å². The number of rotatable bonds is 8. The van der Waals surface area contributed by atoms with Crippen molar-refractivity contribution in [2.45, 2.75) is 111 Å². The zero-order valence-electron chi connectivity index (χ0n) is 15.9. The monoisotopic (exact) mass is 330 g/mol. The third-order valence-corrected chi connectivity index (χ3v) is 3.75. The van der Waals surface area contributed by atoms with Gasteiger partial charge in [0.2, 0.25) is 0 Å². The van der Waals surface area contributed by atoms with Gasteiger partial charge in [-0.05, 0) is 44.9 Å². The first-order valence-corrected chi connectivity index (χ1v) is 9.24. The number of aliphatic carboxylic acids is 1. The van der Waals surface area contributed by atoms with Gasteiger partial charge >= 0.3 is 5.97 Å². The predicted molar refractivity (Wildman–Crippen MR) is 94.4 cm³/mol. The van der Waals surface area contributed by atoms with Crippen LogP contribution in [0.4, 0.5) is 0 Å². The normalized spacial score (nSPS) is 16.1. The molecule has 0 heterocycles. The summed E-state index contributed by atoms with van der Waals surface area (Å²) in [5.74, 6) is -0.675. The second-order valence-corrected chi connectivity index (χ2v) is 8.02. The average molecular weight is 331 g/mol. The summed E-state index contributed by atoms with van der Waals surface area (Å²) in [5.41, 5.74) is 0.392. The van der Waals surface area contributed by atoms with E-state index >= 15 is 0 Å². The summed E-state index contributed by atoms with van der Waals surface area (Å²) in [4.78, 5) is 20.5. The van der Waals surface area contributed by atoms with E-state index in [0.29, 0.717) is 17.9 Å². The van der Waals surface area contributed by atoms with Crippen molar-refractivity contribution in [1.82, 2.24) is 0 Å². The largest absolute Gasteiger partial charge is 0.481 e. The van der Waals surface area contributed by atoms with Crippen LogP contribution in [0, 0.1) is 5.41 Å². The van der Waals surface area contributed by atoms with Crippen LogP contribution in [-0.2, 0) is 14.6 Å². The third kappa shape index (κ3) is 17.6. The molecule has 1 saturated carbocycles. The SMILES string of the molecule is CC(C)(C)CCCCCC(=O)O.CC(C)OOC1CCCCC1. The lowest BCUT2D eigenvalue weighted by atomic mass is 9.89. The molecule has 1 N–H and O–H groups in total. The number of carbonyl (C=O) groups is 1. The topological polar surface area (TPSA) is 55.8 Å². The Morgan fingerprint density at radius 2 is 1.70 bits per heavy atom. The van der Waals surface area contributed by atoms with E-state index in [1.54, 1.807) is 0 Å². The fourth-order valence-corrected chi connectivity index (χ4v) is 2.46. The van der Waals surface area contributed by atoms with E-state index in [2.05, 4.69) is 20.8 Å². The molecular weight excluding hydrogens is 292 g/mol. The van der Waals surface area contributed by atoms with Crippen molar-refractivity contribution in [3.63, 3.8) is 0 Å². The van der Waals surface area contributed by atoms with Gasteiger partial charge in [-0.15, -0.1) is 0 Å². The Hall–Kier alpha value is -0.610. The zero-order valence-corrected chi connectivity index (χ0v) is 15.9. The highest BCUT2D eigenvalue weighted by Gasteiger charge is 2.14. The predicted octanol–water partition coefficient (Wildman–Crippen LogP) is 5.74. The maximum Gasteiger partial charge on any atom is 0.303 e. The Bertz CT molecular complexity index is 288. The van der Waals surface area contributed by atoms with Crippen molar-refractivity contribution in [2.24, 2.45) is 5.41 Å². The van der Waals surface area contributed by atoms with Crippen molar-refractivity contribution in [2.75, 3.05) is 0 Å². The van der Waals surface area contributed by atoms with Crippen molar-refractivity contribution in [1.29, 1.82) is 0 Å². The molecule has 0 aromatic heterocycles. The summed E-state index contributed by atoms with van der Waals surface area (Å²) in [6.45, 7) is 10.6. The van der Waals surface area contributed by atoms with Gasteiger partial charge in [-0.3, -0.25) is 4.79 Å². The van der Waals surface area contributed by atoms with Crippen molar-refractivity contribution in [3.05, 3.63) is 0 Å². The molecule has 0 spiro atoms. The minimum absolute atomic E-state index is 0.192. The van der Waals surface area contributed by atoms with Crippen molar-refractivity contribution in [3.8, 4) is 0 Å². The fourth-order valence-electron chi connectivity index (χ4n) is 2.46. The molecule has 1 rings (SSSR count). The van der Waals surface area contributed by atoms with Gasteiger partial charge in [0.15, 0.2) is 0 Å². The molecule has 1 aliphatic carbocycles. The van der Waals surface area contributed by atoms with Crippen LogP contribution in [0.5, 0.6) is 0 Å². The first-order chi connectivity index (χ1) is 10.7. The maximum absolute atomic E-state index is 10.2. The summed E-state index contributed by atoms with van der Waals surface area (Å²) in [6, 6.07) is 0. The lowest BCUT2D eigenvalue weighted by molar-refractivity contribution is -0.348. The van der Waals surface area contributed by atoms with Crippen LogP contribution in [0.1, 0.15) is 98.8 Å². The first-order valence-electron chi connectivity index (χ1n) is 9.24. The lowest BCUT2D eigenvalue weighted by Crippen LogP contribution is -2.18. The molecule has 0 bridgehead atoms. The molecule has 0 saturated heterocycles. The average Bonchev–Trinajstić information content (AvgIpc) is 2.45. The molecule has 0 aromatic carbocycles. The van der Waals surface area contributed by atoms with Crippen molar-refractivity contribution < 1.29 is 19.7 Å². The molecule has 23 heavy (non-hydrogen) atoms. The first kappa shape index (κ1) is 22.4. The molecular formula is C19H38O4. The van der Waals surface area contributed by atoms with Gasteiger partial charge in [0.05, 0.1) is 12.2 Å². The highest BCUT2D eigenvalue weighted by molar-refractivity contribution is 5.66. The standard InChI is InChI=1S/C10H20O2.C9H18O2/c1-10(2,3)8-6-4-5-7-9(11)12;1-8(2)10-11-9-6-4-3-5-7-9/h4-8H2,1-3H3,(H,11,12);8-9H,3-7H2,1-2H3. The van der Waals surface area contributed by atoms with Gasteiger partial charge in [0, 0.05) is 6.42 Å². The van der Waals surface area contributed by atoms with Gasteiger partial charge < -0.3 is 5.11 Å². The van der Waals surface area contributed by atoms with Gasteiger partial charge in [-0.2, -0.15) is 0 Å². The van der Waals surface area contributed by atoms with Crippen molar-refractivity contribution >= 4 is 5.97 Å². The Morgan fingerprint density at radius 3 is 2.17 bits per heavy atom. The van der Waals surface area contributed by atoms with Crippen LogP contribution in [0.15, 0.2) is 0 Å². The second-order valence-electron chi connectivity index (χ2n) is 8.02. The van der Waals surface area contributed by atoms with E-state index in [1.807, 2.05) is 13.8 Å². The van der Waals surface area contributed by atoms with E-state index in [1.165, 1.54) is 38.5 Å². The van der Waals surface area contributed by atoms with Gasteiger partial charge in [-0.1, -0.05) is 52.9 Å². The molecule has 0 radical (unpaired) electrons. The molecule has 138 valence electrons. The maximum atomic E-state index is 10.2. The molecule has 1 aliphatic rings. The number of carboxylic acids is 1. The molecule has 0 amide bonds. The summed E-state index contributed by atoms with van der Waals surface area (Å²) in [6.07, 6.45) is 11.4. The van der Waals surface area contributed by atoms with Gasteiger partial charge in [0.1, 0.15) is 0 Å². The molecule has 0 aliphatic heterocycles. The third-order valence-electron chi connectivity index (χ3n) is 3.75. The Kier molecular flexibility index (Phi) is 12.4. The van der Waals surface area contributed by atoms with E-state index in [4.69, 9.17) is 14.9 Å². The van der Waals surface area contributed by atoms with E-state index < -0.39 is 5.97 Å². The molecule has 1 fully saturated rings. The Labute approximate surface area is 142 Å². The highest BCUT2D eigenvalue weighted by Crippen LogP contribution is 2.22. The number of hydrogen-bond donors (Lipinski definition) is 1. The summed E-state index contributed by atoms with van der Waals surface area (Å²) in [7, 11) is 0. The van der Waals surface area contributed by atoms with Crippen LogP contribution in [-0.4, -0.2) is 23.3 Å². The van der Waals surface area contributed by atoms with Gasteiger partial charge in [0.25, 0.3) is 0 Å². The molecule has 0 atom stereocenters. The fraction of sp³-hybridized carbons (Fsp3) is 0.947. The smallest absolute Gasteiger partial charge is 0.303 e. The van der Waals surface area contributed by atoms with E-state index in [-0.39, 0.29) is 6.10 Å². The quantitative estimate of drug-likeness (QED) is 0.350.